The summed E-state index contributed by atoms with van der Waals surface area (Å²) in [6.07, 6.45) is 2.41. The van der Waals surface area contributed by atoms with Gasteiger partial charge in [0, 0.05) is 13.1 Å². The molecule has 0 bridgehead atoms. The molecule has 2 N–H and O–H groups in total. The zero-order valence-electron chi connectivity index (χ0n) is 11.9. The van der Waals surface area contributed by atoms with Gasteiger partial charge in [0.15, 0.2) is 0 Å². The maximum absolute atomic E-state index is 12.2. The average molecular weight is 332 g/mol. The molecule has 0 aromatic carbocycles. The minimum absolute atomic E-state index is 0.144. The largest absolute Gasteiger partial charge is 0.477 e. The van der Waals surface area contributed by atoms with E-state index < -0.39 is 16.0 Å². The number of nitrogens with one attached hydrogen (secondary N) is 1. The molecule has 1 aliphatic heterocycles. The molecule has 1 aliphatic rings. The Balaban J connectivity index is 1.94. The van der Waals surface area contributed by atoms with Crippen molar-refractivity contribution in [1.82, 2.24) is 9.62 Å². The number of likely N-dealkylation sites (tertiary alicyclic amines) is 1. The summed E-state index contributed by atoms with van der Waals surface area (Å²) in [5.74, 6) is -1.03. The number of hydrogen-bond donors (Lipinski definition) is 2. The smallest absolute Gasteiger partial charge is 0.347 e. The first-order valence-corrected chi connectivity index (χ1v) is 9.29. The summed E-state index contributed by atoms with van der Waals surface area (Å²) < 4.78 is 26.9. The van der Waals surface area contributed by atoms with Crippen LogP contribution in [0.5, 0.6) is 0 Å². The van der Waals surface area contributed by atoms with Crippen molar-refractivity contribution in [3.63, 3.8) is 0 Å². The van der Waals surface area contributed by atoms with Gasteiger partial charge in [-0.25, -0.2) is 17.9 Å². The van der Waals surface area contributed by atoms with E-state index in [1.165, 1.54) is 24.3 Å². The Morgan fingerprint density at radius 3 is 2.76 bits per heavy atom. The van der Waals surface area contributed by atoms with E-state index in [1.807, 2.05) is 6.92 Å². The van der Waals surface area contributed by atoms with E-state index in [2.05, 4.69) is 9.62 Å². The highest BCUT2D eigenvalue weighted by Gasteiger charge is 2.24. The molecule has 0 radical (unpaired) electrons. The van der Waals surface area contributed by atoms with E-state index >= 15 is 0 Å². The molecular formula is C13H20N2O4S2. The fraction of sp³-hybridized carbons (Fsp3) is 0.615. The van der Waals surface area contributed by atoms with Gasteiger partial charge in [-0.1, -0.05) is 6.92 Å². The SMILES string of the molecule is CC(CNS(=O)(=O)c1ccsc1C(=O)O)CN1CCCC1. The average Bonchev–Trinajstić information content (AvgIpc) is 3.07. The topological polar surface area (TPSA) is 86.7 Å². The number of nitrogens with zero attached hydrogens (tertiary/aromatic N) is 1. The first kappa shape index (κ1) is 16.4. The number of thiophene rings is 1. The Morgan fingerprint density at radius 1 is 1.48 bits per heavy atom. The van der Waals surface area contributed by atoms with Crippen LogP contribution in [0.15, 0.2) is 16.3 Å². The zero-order valence-corrected chi connectivity index (χ0v) is 13.5. The Morgan fingerprint density at radius 2 is 2.14 bits per heavy atom. The molecule has 1 atom stereocenters. The Labute approximate surface area is 128 Å². The predicted molar refractivity (Wildman–Crippen MR) is 81.3 cm³/mol. The van der Waals surface area contributed by atoms with Crippen LogP contribution >= 0.6 is 11.3 Å². The monoisotopic (exact) mass is 332 g/mol. The molecule has 0 saturated carbocycles. The second-order valence-electron chi connectivity index (χ2n) is 5.38. The van der Waals surface area contributed by atoms with Gasteiger partial charge in [0.1, 0.15) is 9.77 Å². The van der Waals surface area contributed by atoms with Gasteiger partial charge in [0.2, 0.25) is 10.0 Å². The number of aromatic carboxylic acids is 1. The van der Waals surface area contributed by atoms with Crippen molar-refractivity contribution in [3.05, 3.63) is 16.3 Å². The Bertz CT molecular complexity index is 591. The molecular weight excluding hydrogens is 312 g/mol. The summed E-state index contributed by atoms with van der Waals surface area (Å²) in [4.78, 5) is 13.0. The normalized spacial score (nSPS) is 18.0. The van der Waals surface area contributed by atoms with Crippen molar-refractivity contribution in [2.24, 2.45) is 5.92 Å². The van der Waals surface area contributed by atoms with E-state index in [0.29, 0.717) is 6.54 Å². The van der Waals surface area contributed by atoms with Gasteiger partial charge in [-0.15, -0.1) is 11.3 Å². The summed E-state index contributed by atoms with van der Waals surface area (Å²) >= 11 is 0.918. The molecule has 1 fully saturated rings. The van der Waals surface area contributed by atoms with Gasteiger partial charge in [-0.3, -0.25) is 0 Å². The van der Waals surface area contributed by atoms with Crippen molar-refractivity contribution >= 4 is 27.3 Å². The van der Waals surface area contributed by atoms with E-state index in [9.17, 15) is 13.2 Å². The molecule has 0 spiro atoms. The number of sulfonamides is 1. The predicted octanol–water partition coefficient (Wildman–Crippen LogP) is 1.46. The van der Waals surface area contributed by atoms with Crippen LogP contribution in [0.4, 0.5) is 0 Å². The molecule has 21 heavy (non-hydrogen) atoms. The van der Waals surface area contributed by atoms with Crippen LogP contribution in [0.3, 0.4) is 0 Å². The number of rotatable bonds is 7. The van der Waals surface area contributed by atoms with E-state index in [1.54, 1.807) is 0 Å². The Kier molecular flexibility index (Phi) is 5.37. The van der Waals surface area contributed by atoms with Crippen LogP contribution < -0.4 is 4.72 Å². The minimum atomic E-state index is -3.76. The third-order valence-electron chi connectivity index (χ3n) is 3.50. The molecule has 2 rings (SSSR count). The van der Waals surface area contributed by atoms with Crippen LogP contribution in [0.25, 0.3) is 0 Å². The van der Waals surface area contributed by atoms with Crippen LogP contribution in [0, 0.1) is 5.92 Å². The lowest BCUT2D eigenvalue weighted by Gasteiger charge is -2.20. The summed E-state index contributed by atoms with van der Waals surface area (Å²) in [6, 6.07) is 1.33. The first-order chi connectivity index (χ1) is 9.90. The quantitative estimate of drug-likeness (QED) is 0.789. The van der Waals surface area contributed by atoms with Gasteiger partial charge in [0.05, 0.1) is 0 Å². The van der Waals surface area contributed by atoms with Gasteiger partial charge in [-0.2, -0.15) is 0 Å². The molecule has 2 heterocycles. The molecule has 6 nitrogen and oxygen atoms in total. The lowest BCUT2D eigenvalue weighted by Crippen LogP contribution is -2.34. The number of hydrogen-bond acceptors (Lipinski definition) is 5. The van der Waals surface area contributed by atoms with Crippen molar-refractivity contribution < 1.29 is 18.3 Å². The molecule has 1 aromatic rings. The van der Waals surface area contributed by atoms with Crippen molar-refractivity contribution in [1.29, 1.82) is 0 Å². The standard InChI is InChI=1S/C13H20N2O4S2/c1-10(9-15-5-2-3-6-15)8-14-21(18,19)11-4-7-20-12(11)13(16)17/h4,7,10,14H,2-3,5-6,8-9H2,1H3,(H,16,17). The zero-order chi connectivity index (χ0) is 15.5. The summed E-state index contributed by atoms with van der Waals surface area (Å²) in [5, 5.41) is 10.5. The molecule has 1 aromatic heterocycles. The summed E-state index contributed by atoms with van der Waals surface area (Å²) in [7, 11) is -3.76. The van der Waals surface area contributed by atoms with Crippen molar-refractivity contribution in [3.8, 4) is 0 Å². The molecule has 1 unspecified atom stereocenters. The molecule has 118 valence electrons. The van der Waals surface area contributed by atoms with Gasteiger partial charge in [-0.05, 0) is 43.3 Å². The second-order valence-corrected chi connectivity index (χ2v) is 8.04. The second kappa shape index (κ2) is 6.87. The molecule has 0 amide bonds. The number of carbonyl (C=O) groups is 1. The fourth-order valence-corrected chi connectivity index (χ4v) is 4.89. The van der Waals surface area contributed by atoms with Crippen molar-refractivity contribution in [2.45, 2.75) is 24.7 Å². The van der Waals surface area contributed by atoms with Crippen LogP contribution in [0.2, 0.25) is 0 Å². The minimum Gasteiger partial charge on any atom is -0.477 e. The van der Waals surface area contributed by atoms with E-state index in [-0.39, 0.29) is 15.7 Å². The van der Waals surface area contributed by atoms with Gasteiger partial charge in [0.25, 0.3) is 0 Å². The fourth-order valence-electron chi connectivity index (χ4n) is 2.47. The van der Waals surface area contributed by atoms with E-state index in [0.717, 1.165) is 31.0 Å². The maximum atomic E-state index is 12.2. The van der Waals surface area contributed by atoms with Crippen LogP contribution in [-0.2, 0) is 10.0 Å². The van der Waals surface area contributed by atoms with Crippen LogP contribution in [-0.4, -0.2) is 50.6 Å². The third-order valence-corrected chi connectivity index (χ3v) is 6.00. The highest BCUT2D eigenvalue weighted by molar-refractivity contribution is 7.89. The Hall–Kier alpha value is -0.960. The molecule has 8 heteroatoms. The molecule has 0 aliphatic carbocycles. The van der Waals surface area contributed by atoms with E-state index in [4.69, 9.17) is 5.11 Å². The summed E-state index contributed by atoms with van der Waals surface area (Å²) in [5.41, 5.74) is 0. The van der Waals surface area contributed by atoms with Crippen molar-refractivity contribution in [2.75, 3.05) is 26.2 Å². The summed E-state index contributed by atoms with van der Waals surface area (Å²) in [6.45, 7) is 5.31. The highest BCUT2D eigenvalue weighted by Crippen LogP contribution is 2.21. The first-order valence-electron chi connectivity index (χ1n) is 6.93. The lowest BCUT2D eigenvalue weighted by molar-refractivity contribution is 0.0698. The molecule has 1 saturated heterocycles. The van der Waals surface area contributed by atoms with Gasteiger partial charge >= 0.3 is 5.97 Å². The third kappa shape index (κ3) is 4.26. The maximum Gasteiger partial charge on any atom is 0.347 e. The number of carboxylic acids is 1. The van der Waals surface area contributed by atoms with Crippen LogP contribution in [0.1, 0.15) is 29.4 Å². The highest BCUT2D eigenvalue weighted by atomic mass is 32.2. The lowest BCUT2D eigenvalue weighted by atomic mass is 10.2. The van der Waals surface area contributed by atoms with Gasteiger partial charge < -0.3 is 10.0 Å². The number of carboxylic acid groups (broad SMARTS) is 1.